The van der Waals surface area contributed by atoms with Crippen molar-refractivity contribution in [3.63, 3.8) is 0 Å². The molecular weight excluding hydrogens is 182 g/mol. The van der Waals surface area contributed by atoms with Crippen LogP contribution in [0.3, 0.4) is 0 Å². The van der Waals surface area contributed by atoms with Crippen molar-refractivity contribution in [2.24, 2.45) is 0 Å². The quantitative estimate of drug-likeness (QED) is 0.417. The third kappa shape index (κ3) is 11.6. The van der Waals surface area contributed by atoms with Crippen LogP contribution < -0.4 is 0 Å². The minimum atomic E-state index is 0. The number of hydrogen-bond donors (Lipinski definition) is 0. The van der Waals surface area contributed by atoms with Gasteiger partial charge in [-0.3, -0.25) is 0 Å². The zero-order chi connectivity index (χ0) is 3.41. The molecular formula is C2H9BSiSn. The van der Waals surface area contributed by atoms with E-state index < -0.39 is 0 Å². The number of rotatable bonds is 1. The molecule has 0 saturated heterocycles. The normalized spacial score (nSPS) is 4.80. The molecule has 3 heteroatoms. The van der Waals surface area contributed by atoms with Gasteiger partial charge in [0.15, 0.2) is 0 Å². The maximum absolute atomic E-state index is 3.51. The Morgan fingerprint density at radius 2 is 2.00 bits per heavy atom. The molecule has 0 aliphatic rings. The van der Waals surface area contributed by atoms with Gasteiger partial charge in [0.05, 0.1) is 0 Å². The summed E-state index contributed by atoms with van der Waals surface area (Å²) in [6.45, 7) is 4.74. The van der Waals surface area contributed by atoms with Crippen molar-refractivity contribution in [2.75, 3.05) is 0 Å². The van der Waals surface area contributed by atoms with Gasteiger partial charge in [0, 0.05) is 0 Å². The van der Waals surface area contributed by atoms with E-state index in [0.717, 1.165) is 0 Å². The van der Waals surface area contributed by atoms with E-state index in [0.29, 0.717) is 0 Å². The maximum atomic E-state index is 3.51. The van der Waals surface area contributed by atoms with Gasteiger partial charge in [-0.25, -0.2) is 0 Å². The van der Waals surface area contributed by atoms with Crippen molar-refractivity contribution in [1.29, 1.82) is 0 Å². The van der Waals surface area contributed by atoms with Crippen molar-refractivity contribution < 1.29 is 0 Å². The molecule has 0 rings (SSSR count). The first-order valence-electron chi connectivity index (χ1n) is 1.52. The Labute approximate surface area is 53.6 Å². The predicted octanol–water partition coefficient (Wildman–Crippen LogP) is -2.07. The molecule has 2 radical (unpaired) electrons. The molecule has 5 heavy (non-hydrogen) atoms. The van der Waals surface area contributed by atoms with Crippen LogP contribution in [0, 0.1) is 0 Å². The molecule has 0 aliphatic heterocycles. The molecule has 0 N–H and O–H groups in total. The second-order valence-corrected chi connectivity index (χ2v) is 1.51. The molecule has 0 bridgehead atoms. The van der Waals surface area contributed by atoms with Crippen LogP contribution in [0.5, 0.6) is 0 Å². The van der Waals surface area contributed by atoms with Crippen LogP contribution in [0.1, 0.15) is 0 Å². The molecule has 0 aromatic carbocycles. The summed E-state index contributed by atoms with van der Waals surface area (Å²) in [5, 5.41) is 0. The summed E-state index contributed by atoms with van der Waals surface area (Å²) >= 11 is 0. The van der Waals surface area contributed by atoms with Crippen LogP contribution >= 0.6 is 0 Å². The predicted molar refractivity (Wildman–Crippen MR) is 35.8 cm³/mol. The zero-order valence-electron chi connectivity index (χ0n) is 3.70. The molecule has 28 valence electrons. The summed E-state index contributed by atoms with van der Waals surface area (Å²) in [7, 11) is 1.27. The fourth-order valence-corrected chi connectivity index (χ4v) is 0. The van der Waals surface area contributed by atoms with E-state index in [-0.39, 0.29) is 23.9 Å². The van der Waals surface area contributed by atoms with Crippen molar-refractivity contribution in [1.82, 2.24) is 0 Å². The van der Waals surface area contributed by atoms with Crippen LogP contribution in [-0.4, -0.2) is 40.9 Å². The third-order valence-corrected chi connectivity index (χ3v) is 0.866. The molecule has 0 atom stereocenters. The molecule has 0 aliphatic carbocycles. The monoisotopic (exact) mass is 192 g/mol. The molecule has 0 saturated carbocycles. The van der Waals surface area contributed by atoms with E-state index in [4.69, 9.17) is 0 Å². The molecule has 0 aromatic heterocycles. The van der Waals surface area contributed by atoms with Gasteiger partial charge < -0.3 is 0 Å². The molecule has 0 unspecified atom stereocenters. The third-order valence-electron chi connectivity index (χ3n) is 0.289. The molecule has 0 spiro atoms. The van der Waals surface area contributed by atoms with Crippen molar-refractivity contribution in [3.05, 3.63) is 12.6 Å². The summed E-state index contributed by atoms with van der Waals surface area (Å²) in [6, 6.07) is 0. The summed E-state index contributed by atoms with van der Waals surface area (Å²) < 4.78 is 0. The minimum absolute atomic E-state index is 0. The van der Waals surface area contributed by atoms with E-state index in [1.807, 2.05) is 5.98 Å². The average molecular weight is 191 g/mol. The van der Waals surface area contributed by atoms with Gasteiger partial charge in [-0.2, -0.15) is 0 Å². The Kier molecular flexibility index (Phi) is 16.4. The van der Waals surface area contributed by atoms with Crippen LogP contribution in [0.15, 0.2) is 12.6 Å². The number of hydrogen-bond acceptors (Lipinski definition) is 0. The second kappa shape index (κ2) is 8.84. The van der Waals surface area contributed by atoms with E-state index in [9.17, 15) is 0 Å². The van der Waals surface area contributed by atoms with Gasteiger partial charge in [-0.15, -0.1) is 12.6 Å². The molecule has 0 heterocycles. The zero-order valence-corrected chi connectivity index (χ0v) is 9.73. The summed E-state index contributed by atoms with van der Waals surface area (Å²) in [5.41, 5.74) is 0. The Balaban J connectivity index is 0. The first kappa shape index (κ1) is 9.27. The van der Waals surface area contributed by atoms with E-state index >= 15 is 0 Å². The summed E-state index contributed by atoms with van der Waals surface area (Å²) in [5.74, 6) is 1.94. The van der Waals surface area contributed by atoms with Crippen LogP contribution in [0.25, 0.3) is 0 Å². The second-order valence-electron chi connectivity index (χ2n) is 0.697. The van der Waals surface area contributed by atoms with Gasteiger partial charge in [0.25, 0.3) is 0 Å². The summed E-state index contributed by atoms with van der Waals surface area (Å²) in [4.78, 5) is 0. The Morgan fingerprint density at radius 3 is 2.00 bits per heavy atom. The SMILES string of the molecule is C=CB[SiH3].[SnH2]. The van der Waals surface area contributed by atoms with Gasteiger partial charge in [-0.05, 0) is 10.1 Å². The Hall–Kier alpha value is 0.821. The van der Waals surface area contributed by atoms with Crippen molar-refractivity contribution >= 4 is 40.9 Å². The molecule has 0 aromatic rings. The van der Waals surface area contributed by atoms with Gasteiger partial charge in [-0.1, -0.05) is 0 Å². The average Bonchev–Trinajstić information content (AvgIpc) is 1.37. The Bertz CT molecular complexity index is 23.6. The van der Waals surface area contributed by atoms with Crippen LogP contribution in [0.2, 0.25) is 0 Å². The fraction of sp³-hybridized carbons (Fsp3) is 0. The first-order chi connectivity index (χ1) is 1.91. The van der Waals surface area contributed by atoms with Gasteiger partial charge in [0.2, 0.25) is 0 Å². The standard InChI is InChI=1S/C2H7BSi.Sn.2H/c1-2-3-4;;;/h2-3H,1H2,4H3;;;. The Morgan fingerprint density at radius 1 is 1.80 bits per heavy atom. The van der Waals surface area contributed by atoms with Gasteiger partial charge in [0.1, 0.15) is 6.87 Å². The van der Waals surface area contributed by atoms with Crippen LogP contribution in [0.4, 0.5) is 0 Å². The topological polar surface area (TPSA) is 0 Å². The first-order valence-corrected chi connectivity index (χ1v) is 2.94. The molecule has 0 fully saturated rings. The molecule has 0 amide bonds. The van der Waals surface area contributed by atoms with Gasteiger partial charge >= 0.3 is 23.9 Å². The fourth-order valence-electron chi connectivity index (χ4n) is 0. The van der Waals surface area contributed by atoms with Crippen molar-refractivity contribution in [2.45, 2.75) is 0 Å². The van der Waals surface area contributed by atoms with E-state index in [2.05, 4.69) is 6.58 Å². The van der Waals surface area contributed by atoms with Crippen LogP contribution in [-0.2, 0) is 0 Å². The van der Waals surface area contributed by atoms with E-state index in [1.54, 1.807) is 0 Å². The van der Waals surface area contributed by atoms with Crippen molar-refractivity contribution in [3.8, 4) is 0 Å². The van der Waals surface area contributed by atoms with E-state index in [1.165, 1.54) is 17.0 Å². The summed E-state index contributed by atoms with van der Waals surface area (Å²) in [6.07, 6.45) is 0. The molecule has 0 nitrogen and oxygen atoms in total.